The molecule has 0 bridgehead atoms. The van der Waals surface area contributed by atoms with Crippen molar-refractivity contribution in [1.82, 2.24) is 4.90 Å². The molecule has 0 saturated carbocycles. The molecule has 1 aliphatic rings. The van der Waals surface area contributed by atoms with Gasteiger partial charge in [0.25, 0.3) is 0 Å². The van der Waals surface area contributed by atoms with Crippen LogP contribution < -0.4 is 5.32 Å². The fraction of sp³-hybridized carbons (Fsp3) is 0.500. The van der Waals surface area contributed by atoms with Crippen LogP contribution in [-0.4, -0.2) is 31.1 Å². The average Bonchev–Trinajstić information content (AvgIpc) is 2.79. The lowest BCUT2D eigenvalue weighted by Gasteiger charge is -2.15. The molecule has 1 aromatic carbocycles. The molecule has 17 heavy (non-hydrogen) atoms. The van der Waals surface area contributed by atoms with Crippen LogP contribution in [0.3, 0.4) is 0 Å². The maximum Gasteiger partial charge on any atom is 0.160 e. The lowest BCUT2D eigenvalue weighted by molar-refractivity contribution is 0.352. The Kier molecular flexibility index (Phi) is 4.48. The van der Waals surface area contributed by atoms with Crippen LogP contribution in [0.2, 0.25) is 10.0 Å². The Balaban J connectivity index is 1.86. The van der Waals surface area contributed by atoms with Gasteiger partial charge in [-0.15, -0.1) is 0 Å². The van der Waals surface area contributed by atoms with Gasteiger partial charge in [-0.3, -0.25) is 0 Å². The van der Waals surface area contributed by atoms with E-state index in [4.69, 9.17) is 23.2 Å². The Morgan fingerprint density at radius 1 is 1.18 bits per heavy atom. The predicted molar refractivity (Wildman–Crippen MR) is 70.6 cm³/mol. The van der Waals surface area contributed by atoms with E-state index < -0.39 is 5.82 Å². The number of likely N-dealkylation sites (tertiary alicyclic amines) is 1. The first-order valence-corrected chi connectivity index (χ1v) is 6.53. The van der Waals surface area contributed by atoms with Crippen molar-refractivity contribution in [3.05, 3.63) is 28.0 Å². The van der Waals surface area contributed by atoms with Gasteiger partial charge in [0.1, 0.15) is 0 Å². The molecule has 0 spiro atoms. The molecule has 0 aliphatic carbocycles. The molecule has 0 atom stereocenters. The molecule has 1 fully saturated rings. The van der Waals surface area contributed by atoms with Crippen molar-refractivity contribution in [2.24, 2.45) is 0 Å². The van der Waals surface area contributed by atoms with Crippen molar-refractivity contribution in [2.75, 3.05) is 31.5 Å². The molecule has 1 saturated heterocycles. The van der Waals surface area contributed by atoms with Gasteiger partial charge >= 0.3 is 0 Å². The molecule has 0 aromatic heterocycles. The number of nitrogens with zero attached hydrogens (tertiary/aromatic N) is 1. The number of hydrogen-bond donors (Lipinski definition) is 1. The standard InChI is InChI=1S/C12H15Cl2FN2/c13-10-7-9(8-11(14)12(10)15)16-3-6-17-4-1-2-5-17/h7-8,16H,1-6H2. The van der Waals surface area contributed by atoms with Crippen molar-refractivity contribution in [1.29, 1.82) is 0 Å². The van der Waals surface area contributed by atoms with Crippen molar-refractivity contribution in [3.63, 3.8) is 0 Å². The van der Waals surface area contributed by atoms with Crippen LogP contribution in [0, 0.1) is 5.82 Å². The van der Waals surface area contributed by atoms with Crippen molar-refractivity contribution in [2.45, 2.75) is 12.8 Å². The van der Waals surface area contributed by atoms with Crippen molar-refractivity contribution >= 4 is 28.9 Å². The molecule has 94 valence electrons. The van der Waals surface area contributed by atoms with Crippen LogP contribution in [0.25, 0.3) is 0 Å². The van der Waals surface area contributed by atoms with Gasteiger partial charge in [0.2, 0.25) is 0 Å². The highest BCUT2D eigenvalue weighted by Gasteiger charge is 2.11. The summed E-state index contributed by atoms with van der Waals surface area (Å²) >= 11 is 11.4. The third-order valence-corrected chi connectivity index (χ3v) is 3.49. The van der Waals surface area contributed by atoms with Crippen LogP contribution in [0.15, 0.2) is 12.1 Å². The summed E-state index contributed by atoms with van der Waals surface area (Å²) in [4.78, 5) is 2.40. The fourth-order valence-electron chi connectivity index (χ4n) is 2.02. The Morgan fingerprint density at radius 2 is 1.76 bits per heavy atom. The highest BCUT2D eigenvalue weighted by molar-refractivity contribution is 6.35. The van der Waals surface area contributed by atoms with E-state index >= 15 is 0 Å². The molecular weight excluding hydrogens is 262 g/mol. The van der Waals surface area contributed by atoms with E-state index in [1.165, 1.54) is 25.9 Å². The largest absolute Gasteiger partial charge is 0.384 e. The first kappa shape index (κ1) is 12.9. The number of halogens is 3. The zero-order valence-corrected chi connectivity index (χ0v) is 11.0. The minimum atomic E-state index is -0.557. The predicted octanol–water partition coefficient (Wildman–Crippen LogP) is 3.64. The van der Waals surface area contributed by atoms with E-state index in [2.05, 4.69) is 10.2 Å². The SMILES string of the molecule is Fc1c(Cl)cc(NCCN2CCCC2)cc1Cl. The summed E-state index contributed by atoms with van der Waals surface area (Å²) in [6.07, 6.45) is 2.57. The number of nitrogens with one attached hydrogen (secondary N) is 1. The Morgan fingerprint density at radius 3 is 2.35 bits per heavy atom. The first-order valence-electron chi connectivity index (χ1n) is 5.77. The quantitative estimate of drug-likeness (QED) is 0.845. The van der Waals surface area contributed by atoms with Crippen LogP contribution in [0.5, 0.6) is 0 Å². The molecule has 5 heteroatoms. The van der Waals surface area contributed by atoms with E-state index in [9.17, 15) is 4.39 Å². The first-order chi connectivity index (χ1) is 8.16. The molecule has 2 rings (SSSR count). The summed E-state index contributed by atoms with van der Waals surface area (Å²) < 4.78 is 13.2. The zero-order valence-electron chi connectivity index (χ0n) is 9.48. The molecule has 0 amide bonds. The Labute approximate surface area is 111 Å². The molecule has 2 nitrogen and oxygen atoms in total. The topological polar surface area (TPSA) is 15.3 Å². The summed E-state index contributed by atoms with van der Waals surface area (Å²) in [5, 5.41) is 3.32. The Bertz CT molecular complexity index is 369. The van der Waals surface area contributed by atoms with E-state index in [-0.39, 0.29) is 10.0 Å². The normalized spacial score (nSPS) is 16.4. The van der Waals surface area contributed by atoms with Crippen LogP contribution in [0.4, 0.5) is 10.1 Å². The number of anilines is 1. The third-order valence-electron chi connectivity index (χ3n) is 2.94. The lowest BCUT2D eigenvalue weighted by atomic mass is 10.3. The molecule has 0 unspecified atom stereocenters. The monoisotopic (exact) mass is 276 g/mol. The van der Waals surface area contributed by atoms with Gasteiger partial charge in [-0.25, -0.2) is 4.39 Å². The summed E-state index contributed by atoms with van der Waals surface area (Å²) in [6.45, 7) is 4.16. The summed E-state index contributed by atoms with van der Waals surface area (Å²) in [6, 6.07) is 3.12. The molecule has 1 heterocycles. The van der Waals surface area contributed by atoms with Gasteiger partial charge in [-0.05, 0) is 38.1 Å². The summed E-state index contributed by atoms with van der Waals surface area (Å²) in [7, 11) is 0. The number of rotatable bonds is 4. The smallest absolute Gasteiger partial charge is 0.160 e. The van der Waals surface area contributed by atoms with Gasteiger partial charge in [0.05, 0.1) is 10.0 Å². The Hall–Kier alpha value is -0.510. The second-order valence-electron chi connectivity index (χ2n) is 4.23. The maximum atomic E-state index is 13.2. The van der Waals surface area contributed by atoms with E-state index in [0.29, 0.717) is 0 Å². The van der Waals surface area contributed by atoms with Gasteiger partial charge < -0.3 is 10.2 Å². The van der Waals surface area contributed by atoms with E-state index in [0.717, 1.165) is 18.8 Å². The molecule has 1 aromatic rings. The average molecular weight is 277 g/mol. The van der Waals surface area contributed by atoms with Gasteiger partial charge in [0.15, 0.2) is 5.82 Å². The molecular formula is C12H15Cl2FN2. The van der Waals surface area contributed by atoms with Crippen LogP contribution in [-0.2, 0) is 0 Å². The van der Waals surface area contributed by atoms with Gasteiger partial charge in [-0.1, -0.05) is 23.2 Å². The molecule has 0 radical (unpaired) electrons. The van der Waals surface area contributed by atoms with Crippen LogP contribution in [0.1, 0.15) is 12.8 Å². The minimum Gasteiger partial charge on any atom is -0.384 e. The molecule has 1 aliphatic heterocycles. The van der Waals surface area contributed by atoms with Crippen molar-refractivity contribution < 1.29 is 4.39 Å². The second kappa shape index (κ2) is 5.89. The lowest BCUT2D eigenvalue weighted by Crippen LogP contribution is -2.25. The number of hydrogen-bond acceptors (Lipinski definition) is 2. The minimum absolute atomic E-state index is 0.0566. The summed E-state index contributed by atoms with van der Waals surface area (Å²) in [5.74, 6) is -0.557. The van der Waals surface area contributed by atoms with Crippen molar-refractivity contribution in [3.8, 4) is 0 Å². The summed E-state index contributed by atoms with van der Waals surface area (Å²) in [5.41, 5.74) is 0.764. The zero-order chi connectivity index (χ0) is 12.3. The third kappa shape index (κ3) is 3.47. The van der Waals surface area contributed by atoms with Gasteiger partial charge in [0, 0.05) is 18.8 Å². The van der Waals surface area contributed by atoms with Gasteiger partial charge in [-0.2, -0.15) is 0 Å². The molecule has 1 N–H and O–H groups in total. The highest BCUT2D eigenvalue weighted by atomic mass is 35.5. The fourth-order valence-corrected chi connectivity index (χ4v) is 2.51. The number of benzene rings is 1. The second-order valence-corrected chi connectivity index (χ2v) is 5.04. The van der Waals surface area contributed by atoms with Crippen LogP contribution >= 0.6 is 23.2 Å². The van der Waals surface area contributed by atoms with E-state index in [1.807, 2.05) is 0 Å². The van der Waals surface area contributed by atoms with E-state index in [1.54, 1.807) is 12.1 Å². The maximum absolute atomic E-state index is 13.2. The highest BCUT2D eigenvalue weighted by Crippen LogP contribution is 2.27.